The van der Waals surface area contributed by atoms with Crippen molar-refractivity contribution in [3.63, 3.8) is 0 Å². The van der Waals surface area contributed by atoms with Crippen LogP contribution in [0.15, 0.2) is 6.20 Å². The zero-order valence-corrected chi connectivity index (χ0v) is 7.16. The lowest BCUT2D eigenvalue weighted by molar-refractivity contribution is 0.105. The number of ketones is 1. The Bertz CT molecular complexity index is 344. The fourth-order valence-electron chi connectivity index (χ4n) is 1.06. The van der Waals surface area contributed by atoms with Crippen LogP contribution >= 0.6 is 0 Å². The van der Waals surface area contributed by atoms with Gasteiger partial charge < -0.3 is 0 Å². The molecule has 0 radical (unpaired) electrons. The number of hydrogen-bond acceptors (Lipinski definition) is 2. The first-order chi connectivity index (χ1) is 5.69. The minimum Gasteiger partial charge on any atom is -0.279 e. The van der Waals surface area contributed by atoms with Crippen LogP contribution in [0.3, 0.4) is 0 Å². The van der Waals surface area contributed by atoms with Gasteiger partial charge in [0.05, 0.1) is 11.3 Å². The van der Waals surface area contributed by atoms with Crippen LogP contribution in [0.5, 0.6) is 0 Å². The lowest BCUT2D eigenvalue weighted by Gasteiger charge is -1.89. The van der Waals surface area contributed by atoms with E-state index >= 15 is 0 Å². The summed E-state index contributed by atoms with van der Waals surface area (Å²) in [7, 11) is 1.77. The Morgan fingerprint density at radius 2 is 2.50 bits per heavy atom. The zero-order valence-electron chi connectivity index (χ0n) is 7.16. The van der Waals surface area contributed by atoms with Gasteiger partial charge in [0, 0.05) is 13.2 Å². The maximum absolute atomic E-state index is 11.1. The number of carbonyl (C=O) groups excluding carboxylic acids is 1. The summed E-state index contributed by atoms with van der Waals surface area (Å²) in [6, 6.07) is 0. The fraction of sp³-hybridized carbons (Fsp3) is 0.333. The summed E-state index contributed by atoms with van der Waals surface area (Å²) in [5.41, 5.74) is 1.31. The van der Waals surface area contributed by atoms with E-state index in [0.717, 1.165) is 12.1 Å². The predicted octanol–water partition coefficient (Wildman–Crippen LogP) is 0.798. The van der Waals surface area contributed by atoms with E-state index in [1.54, 1.807) is 17.9 Å². The largest absolute Gasteiger partial charge is 0.279 e. The molecule has 0 aromatic carbocycles. The fourth-order valence-corrected chi connectivity index (χ4v) is 1.06. The van der Waals surface area contributed by atoms with Crippen LogP contribution < -0.4 is 0 Å². The summed E-state index contributed by atoms with van der Waals surface area (Å²) < 4.78 is 1.60. The lowest BCUT2D eigenvalue weighted by atomic mass is 10.1. The molecule has 0 N–H and O–H groups in total. The Morgan fingerprint density at radius 1 is 1.83 bits per heavy atom. The van der Waals surface area contributed by atoms with Crippen LogP contribution in [0.4, 0.5) is 0 Å². The highest BCUT2D eigenvalue weighted by Gasteiger charge is 2.11. The van der Waals surface area contributed by atoms with Crippen molar-refractivity contribution in [1.29, 1.82) is 0 Å². The van der Waals surface area contributed by atoms with Crippen molar-refractivity contribution in [1.82, 2.24) is 9.78 Å². The average molecular weight is 162 g/mol. The van der Waals surface area contributed by atoms with Crippen LogP contribution in [0.2, 0.25) is 0 Å². The van der Waals surface area contributed by atoms with Crippen molar-refractivity contribution in [2.75, 3.05) is 0 Å². The second kappa shape index (κ2) is 3.22. The minimum atomic E-state index is -0.292. The number of aryl methyl sites for hydroxylation is 2. The molecule has 0 aliphatic heterocycles. The Kier molecular flexibility index (Phi) is 2.29. The molecule has 0 saturated heterocycles. The first-order valence-electron chi connectivity index (χ1n) is 3.72. The molecule has 1 aromatic rings. The van der Waals surface area contributed by atoms with Gasteiger partial charge in [0.1, 0.15) is 0 Å². The van der Waals surface area contributed by atoms with Crippen molar-refractivity contribution in [3.8, 4) is 12.3 Å². The van der Waals surface area contributed by atoms with Crippen molar-refractivity contribution in [3.05, 3.63) is 17.5 Å². The molecular formula is C9H10N2O. The van der Waals surface area contributed by atoms with Gasteiger partial charge in [-0.1, -0.05) is 6.92 Å². The molecule has 12 heavy (non-hydrogen) atoms. The first-order valence-corrected chi connectivity index (χ1v) is 3.72. The normalized spacial score (nSPS) is 9.42. The molecule has 3 heteroatoms. The molecule has 1 rings (SSSR count). The molecule has 0 amide bonds. The maximum Gasteiger partial charge on any atom is 0.239 e. The third-order valence-corrected chi connectivity index (χ3v) is 1.62. The van der Waals surface area contributed by atoms with E-state index in [-0.39, 0.29) is 5.78 Å². The molecule has 1 aromatic heterocycles. The van der Waals surface area contributed by atoms with Crippen LogP contribution in [-0.2, 0) is 13.5 Å². The zero-order chi connectivity index (χ0) is 9.14. The molecule has 0 unspecified atom stereocenters. The average Bonchev–Trinajstić information content (AvgIpc) is 2.45. The SMILES string of the molecule is C#CC(=O)c1cn(C)nc1CC. The van der Waals surface area contributed by atoms with E-state index in [9.17, 15) is 4.79 Å². The Labute approximate surface area is 71.4 Å². The molecule has 0 aliphatic carbocycles. The van der Waals surface area contributed by atoms with E-state index in [1.807, 2.05) is 6.92 Å². The van der Waals surface area contributed by atoms with Gasteiger partial charge in [0.2, 0.25) is 5.78 Å². The second-order valence-corrected chi connectivity index (χ2v) is 2.49. The summed E-state index contributed by atoms with van der Waals surface area (Å²) in [4.78, 5) is 11.1. The number of carbonyl (C=O) groups is 1. The quantitative estimate of drug-likeness (QED) is 0.366. The van der Waals surface area contributed by atoms with E-state index in [2.05, 4.69) is 11.0 Å². The third-order valence-electron chi connectivity index (χ3n) is 1.62. The molecule has 3 nitrogen and oxygen atoms in total. The number of aromatic nitrogens is 2. The van der Waals surface area contributed by atoms with Gasteiger partial charge in [0.25, 0.3) is 0 Å². The van der Waals surface area contributed by atoms with Crippen molar-refractivity contribution < 1.29 is 4.79 Å². The highest BCUT2D eigenvalue weighted by Crippen LogP contribution is 2.07. The number of hydrogen-bond donors (Lipinski definition) is 0. The number of nitrogens with zero attached hydrogens (tertiary/aromatic N) is 2. The van der Waals surface area contributed by atoms with E-state index in [4.69, 9.17) is 6.42 Å². The molecule has 0 atom stereocenters. The molecule has 1 heterocycles. The number of terminal acetylenes is 1. The molecule has 0 spiro atoms. The predicted molar refractivity (Wildman–Crippen MR) is 45.7 cm³/mol. The van der Waals surface area contributed by atoms with Crippen LogP contribution in [0, 0.1) is 12.3 Å². The highest BCUT2D eigenvalue weighted by atomic mass is 16.1. The van der Waals surface area contributed by atoms with Crippen LogP contribution in [0.25, 0.3) is 0 Å². The summed E-state index contributed by atoms with van der Waals surface area (Å²) >= 11 is 0. The smallest absolute Gasteiger partial charge is 0.239 e. The Morgan fingerprint density at radius 3 is 3.00 bits per heavy atom. The molecule has 0 aliphatic rings. The lowest BCUT2D eigenvalue weighted by Crippen LogP contribution is -1.97. The van der Waals surface area contributed by atoms with E-state index in [1.165, 1.54) is 0 Å². The molecule has 0 saturated carbocycles. The Hall–Kier alpha value is -1.56. The van der Waals surface area contributed by atoms with E-state index in [0.29, 0.717) is 5.56 Å². The van der Waals surface area contributed by atoms with Gasteiger partial charge >= 0.3 is 0 Å². The highest BCUT2D eigenvalue weighted by molar-refractivity contribution is 6.09. The molecule has 0 bridgehead atoms. The third kappa shape index (κ3) is 1.37. The Balaban J connectivity index is 3.15. The second-order valence-electron chi connectivity index (χ2n) is 2.49. The number of Topliss-reactive ketones (excluding diaryl/α,β-unsaturated/α-hetero) is 1. The van der Waals surface area contributed by atoms with E-state index < -0.39 is 0 Å². The first kappa shape index (κ1) is 8.54. The molecule has 62 valence electrons. The maximum atomic E-state index is 11.1. The van der Waals surface area contributed by atoms with Gasteiger partial charge in [-0.3, -0.25) is 9.48 Å². The van der Waals surface area contributed by atoms with Gasteiger partial charge in [-0.2, -0.15) is 5.10 Å². The van der Waals surface area contributed by atoms with Gasteiger partial charge in [-0.25, -0.2) is 0 Å². The topological polar surface area (TPSA) is 34.9 Å². The summed E-state index contributed by atoms with van der Waals surface area (Å²) in [6.45, 7) is 1.94. The van der Waals surface area contributed by atoms with Gasteiger partial charge in [0.15, 0.2) is 0 Å². The molecule has 0 fully saturated rings. The summed E-state index contributed by atoms with van der Waals surface area (Å²) in [5.74, 6) is 1.79. The number of rotatable bonds is 2. The van der Waals surface area contributed by atoms with Gasteiger partial charge in [-0.15, -0.1) is 6.42 Å². The molecular weight excluding hydrogens is 152 g/mol. The van der Waals surface area contributed by atoms with Crippen LogP contribution in [-0.4, -0.2) is 15.6 Å². The van der Waals surface area contributed by atoms with Crippen molar-refractivity contribution >= 4 is 5.78 Å². The standard InChI is InChI=1S/C9H10N2O/c1-4-8-7(9(12)5-2)6-11(3)10-8/h2,6H,4H2,1,3H3. The van der Waals surface area contributed by atoms with Gasteiger partial charge in [-0.05, 0) is 12.3 Å². The van der Waals surface area contributed by atoms with Crippen LogP contribution in [0.1, 0.15) is 23.0 Å². The minimum absolute atomic E-state index is 0.292. The van der Waals surface area contributed by atoms with Crippen molar-refractivity contribution in [2.24, 2.45) is 7.05 Å². The monoisotopic (exact) mass is 162 g/mol. The van der Waals surface area contributed by atoms with Crippen molar-refractivity contribution in [2.45, 2.75) is 13.3 Å². The summed E-state index contributed by atoms with van der Waals surface area (Å²) in [6.07, 6.45) is 7.38. The summed E-state index contributed by atoms with van der Waals surface area (Å²) in [5, 5.41) is 4.10.